The molecule has 2 heterocycles. The zero-order valence-electron chi connectivity index (χ0n) is 10.5. The van der Waals surface area contributed by atoms with E-state index >= 15 is 0 Å². The third-order valence-electron chi connectivity index (χ3n) is 3.23. The quantitative estimate of drug-likeness (QED) is 0.793. The van der Waals surface area contributed by atoms with E-state index in [0.29, 0.717) is 23.9 Å². The number of amides is 3. The minimum Gasteiger partial charge on any atom is -0.494 e. The van der Waals surface area contributed by atoms with Gasteiger partial charge in [-0.1, -0.05) is 0 Å². The predicted molar refractivity (Wildman–Crippen MR) is 73.4 cm³/mol. The number of hydrogen-bond acceptors (Lipinski definition) is 4. The van der Waals surface area contributed by atoms with Crippen molar-refractivity contribution < 1.29 is 14.3 Å². The van der Waals surface area contributed by atoms with Crippen LogP contribution in [0.2, 0.25) is 0 Å². The van der Waals surface area contributed by atoms with Crippen LogP contribution in [0.3, 0.4) is 0 Å². The van der Waals surface area contributed by atoms with E-state index in [1.165, 1.54) is 4.90 Å². The second kappa shape index (κ2) is 4.77. The molecule has 6 heteroatoms. The number of hydrogen-bond donors (Lipinski definition) is 0. The van der Waals surface area contributed by atoms with Gasteiger partial charge in [-0.05, 0) is 31.2 Å². The summed E-state index contributed by atoms with van der Waals surface area (Å²) in [4.78, 5) is 27.3. The summed E-state index contributed by atoms with van der Waals surface area (Å²) in [5, 5.41) is 0. The van der Waals surface area contributed by atoms with Crippen LogP contribution in [0.1, 0.15) is 6.92 Å². The molecule has 1 atom stereocenters. The molecule has 0 spiro atoms. The molecule has 0 bridgehead atoms. The summed E-state index contributed by atoms with van der Waals surface area (Å²) >= 11 is 1.62. The maximum absolute atomic E-state index is 12.2. The molecule has 0 radical (unpaired) electrons. The van der Waals surface area contributed by atoms with Crippen LogP contribution in [-0.4, -0.2) is 41.1 Å². The number of benzene rings is 1. The first-order valence-corrected chi connectivity index (χ1v) is 7.33. The van der Waals surface area contributed by atoms with Crippen LogP contribution in [-0.2, 0) is 4.79 Å². The number of anilines is 1. The minimum atomic E-state index is -0.288. The summed E-state index contributed by atoms with van der Waals surface area (Å²) in [7, 11) is 0. The van der Waals surface area contributed by atoms with E-state index in [4.69, 9.17) is 4.74 Å². The SMILES string of the molecule is CCOc1ccc(N2C(=O)C3CSCN3C2=O)cc1. The number of nitrogens with zero attached hydrogens (tertiary/aromatic N) is 2. The van der Waals surface area contributed by atoms with Crippen LogP contribution in [0.4, 0.5) is 10.5 Å². The Morgan fingerprint density at radius 3 is 2.68 bits per heavy atom. The Kier molecular flexibility index (Phi) is 3.10. The van der Waals surface area contributed by atoms with Crippen molar-refractivity contribution >= 4 is 29.4 Å². The van der Waals surface area contributed by atoms with Crippen molar-refractivity contribution in [3.8, 4) is 5.75 Å². The third-order valence-corrected chi connectivity index (χ3v) is 4.24. The van der Waals surface area contributed by atoms with E-state index in [9.17, 15) is 9.59 Å². The topological polar surface area (TPSA) is 49.9 Å². The number of carbonyl (C=O) groups is 2. The van der Waals surface area contributed by atoms with E-state index in [0.717, 1.165) is 5.75 Å². The van der Waals surface area contributed by atoms with Crippen LogP contribution >= 0.6 is 11.8 Å². The van der Waals surface area contributed by atoms with Crippen molar-refractivity contribution in [2.45, 2.75) is 13.0 Å². The van der Waals surface area contributed by atoms with Gasteiger partial charge in [-0.15, -0.1) is 11.8 Å². The lowest BCUT2D eigenvalue weighted by Gasteiger charge is -2.15. The molecule has 2 aliphatic heterocycles. The Labute approximate surface area is 115 Å². The molecule has 3 amide bonds. The van der Waals surface area contributed by atoms with Gasteiger partial charge in [0.2, 0.25) is 0 Å². The normalized spacial score (nSPS) is 22.1. The fraction of sp³-hybridized carbons (Fsp3) is 0.385. The molecule has 0 aliphatic carbocycles. The molecule has 5 nitrogen and oxygen atoms in total. The number of carbonyl (C=O) groups excluding carboxylic acids is 2. The van der Waals surface area contributed by atoms with Crippen molar-refractivity contribution in [3.05, 3.63) is 24.3 Å². The number of imide groups is 1. The van der Waals surface area contributed by atoms with E-state index in [-0.39, 0.29) is 18.0 Å². The largest absolute Gasteiger partial charge is 0.494 e. The Balaban J connectivity index is 1.86. The molecular weight excluding hydrogens is 264 g/mol. The average Bonchev–Trinajstić information content (AvgIpc) is 2.97. The second-order valence-electron chi connectivity index (χ2n) is 4.37. The highest BCUT2D eigenvalue weighted by atomic mass is 32.2. The summed E-state index contributed by atoms with van der Waals surface area (Å²) in [5.41, 5.74) is 0.609. The van der Waals surface area contributed by atoms with Gasteiger partial charge in [0.05, 0.1) is 18.2 Å². The summed E-state index contributed by atoms with van der Waals surface area (Å²) in [6.45, 7) is 2.50. The van der Waals surface area contributed by atoms with Crippen LogP contribution in [0.25, 0.3) is 0 Å². The first-order valence-electron chi connectivity index (χ1n) is 6.17. The number of rotatable bonds is 3. The summed E-state index contributed by atoms with van der Waals surface area (Å²) in [6, 6.07) is 6.54. The van der Waals surface area contributed by atoms with Gasteiger partial charge in [0, 0.05) is 5.75 Å². The Hall–Kier alpha value is -1.69. The Bertz CT molecular complexity index is 495. The highest BCUT2D eigenvalue weighted by molar-refractivity contribution is 7.99. The lowest BCUT2D eigenvalue weighted by Crippen LogP contribution is -2.32. The van der Waals surface area contributed by atoms with E-state index in [2.05, 4.69) is 0 Å². The molecule has 2 fully saturated rings. The van der Waals surface area contributed by atoms with Crippen LogP contribution in [0.15, 0.2) is 24.3 Å². The Morgan fingerprint density at radius 1 is 1.32 bits per heavy atom. The molecule has 1 aromatic rings. The van der Waals surface area contributed by atoms with Gasteiger partial charge < -0.3 is 9.64 Å². The highest BCUT2D eigenvalue weighted by Crippen LogP contribution is 2.33. The molecule has 100 valence electrons. The molecule has 1 aromatic carbocycles. The molecule has 0 N–H and O–H groups in total. The molecule has 0 aromatic heterocycles. The number of fused-ring (bicyclic) bond motifs is 1. The van der Waals surface area contributed by atoms with Gasteiger partial charge in [-0.3, -0.25) is 4.79 Å². The zero-order chi connectivity index (χ0) is 13.4. The van der Waals surface area contributed by atoms with Crippen LogP contribution < -0.4 is 9.64 Å². The third kappa shape index (κ3) is 1.96. The van der Waals surface area contributed by atoms with Gasteiger partial charge in [0.1, 0.15) is 11.8 Å². The first kappa shape index (κ1) is 12.3. The lowest BCUT2D eigenvalue weighted by molar-refractivity contribution is -0.118. The summed E-state index contributed by atoms with van der Waals surface area (Å²) < 4.78 is 5.35. The summed E-state index contributed by atoms with van der Waals surface area (Å²) in [5.74, 6) is 1.90. The highest BCUT2D eigenvalue weighted by Gasteiger charge is 2.48. The second-order valence-corrected chi connectivity index (χ2v) is 5.37. The predicted octanol–water partition coefficient (Wildman–Crippen LogP) is 1.93. The van der Waals surface area contributed by atoms with E-state index in [1.807, 2.05) is 6.92 Å². The van der Waals surface area contributed by atoms with Crippen molar-refractivity contribution in [1.82, 2.24) is 4.90 Å². The van der Waals surface area contributed by atoms with E-state index < -0.39 is 0 Å². The van der Waals surface area contributed by atoms with Gasteiger partial charge in [0.25, 0.3) is 5.91 Å². The number of ether oxygens (including phenoxy) is 1. The fourth-order valence-corrected chi connectivity index (χ4v) is 3.44. The van der Waals surface area contributed by atoms with Crippen molar-refractivity contribution in [2.24, 2.45) is 0 Å². The van der Waals surface area contributed by atoms with Gasteiger partial charge in [-0.2, -0.15) is 0 Å². The maximum Gasteiger partial charge on any atom is 0.332 e. The van der Waals surface area contributed by atoms with Crippen LogP contribution in [0, 0.1) is 0 Å². The Morgan fingerprint density at radius 2 is 2.05 bits per heavy atom. The monoisotopic (exact) mass is 278 g/mol. The van der Waals surface area contributed by atoms with Gasteiger partial charge >= 0.3 is 6.03 Å². The summed E-state index contributed by atoms with van der Waals surface area (Å²) in [6.07, 6.45) is 0. The van der Waals surface area contributed by atoms with Crippen molar-refractivity contribution in [2.75, 3.05) is 23.1 Å². The molecule has 19 heavy (non-hydrogen) atoms. The fourth-order valence-electron chi connectivity index (χ4n) is 2.30. The van der Waals surface area contributed by atoms with Crippen molar-refractivity contribution in [1.29, 1.82) is 0 Å². The zero-order valence-corrected chi connectivity index (χ0v) is 11.4. The first-order chi connectivity index (χ1) is 9.22. The molecule has 2 saturated heterocycles. The smallest absolute Gasteiger partial charge is 0.332 e. The molecule has 2 aliphatic rings. The van der Waals surface area contributed by atoms with E-state index in [1.54, 1.807) is 40.9 Å². The minimum absolute atomic E-state index is 0.126. The number of urea groups is 1. The van der Waals surface area contributed by atoms with Crippen LogP contribution in [0.5, 0.6) is 5.75 Å². The molecule has 3 rings (SSSR count). The average molecular weight is 278 g/mol. The maximum atomic E-state index is 12.2. The number of thioether (sulfide) groups is 1. The lowest BCUT2D eigenvalue weighted by atomic mass is 10.2. The van der Waals surface area contributed by atoms with Crippen molar-refractivity contribution in [3.63, 3.8) is 0 Å². The van der Waals surface area contributed by atoms with Gasteiger partial charge in [-0.25, -0.2) is 9.69 Å². The molecular formula is C13H14N2O3S. The standard InChI is InChI=1S/C13H14N2O3S/c1-2-18-10-5-3-9(4-6-10)15-12(16)11-7-19-8-14(11)13(15)17/h3-6,11H,2,7-8H2,1H3. The molecule has 1 unspecified atom stereocenters. The molecule has 0 saturated carbocycles. The van der Waals surface area contributed by atoms with Gasteiger partial charge in [0.15, 0.2) is 0 Å².